The molecule has 214 valence electrons. The van der Waals surface area contributed by atoms with Crippen molar-refractivity contribution in [3.05, 3.63) is 152 Å². The molecule has 7 aromatic carbocycles. The maximum absolute atomic E-state index is 5.28. The van der Waals surface area contributed by atoms with Gasteiger partial charge in [-0.05, 0) is 52.2 Å². The van der Waals surface area contributed by atoms with E-state index in [0.29, 0.717) is 5.95 Å². The van der Waals surface area contributed by atoms with E-state index in [9.17, 15) is 0 Å². The summed E-state index contributed by atoms with van der Waals surface area (Å²) in [6, 6.07) is 53.7. The monoisotopic (exact) mass is 586 g/mol. The minimum atomic E-state index is 0.664. The Bertz CT molecular complexity index is 2810. The van der Waals surface area contributed by atoms with Crippen LogP contribution >= 0.6 is 0 Å². The number of nitrogens with zero attached hydrogens (tertiary/aromatic N) is 3. The first-order chi connectivity index (χ1) is 22.8. The standard InChI is InChI=1S/C42H26N4/c1-2-12-26(13-3-1)41-33-18-7-10-20-36(33)44-42(45-41)46-38-21-11-8-15-29(38)30-23-22-27(24-39(30)46)34-25-37-40(31-16-5-4-14-28(31)34)32-17-6-9-19-35(32)43-37/h1-25,43H. The van der Waals surface area contributed by atoms with Gasteiger partial charge in [0, 0.05) is 43.5 Å². The lowest BCUT2D eigenvalue weighted by molar-refractivity contribution is 1.01. The van der Waals surface area contributed by atoms with E-state index in [1.54, 1.807) is 0 Å². The summed E-state index contributed by atoms with van der Waals surface area (Å²) in [5.74, 6) is 0.664. The number of hydrogen-bond donors (Lipinski definition) is 1. The molecule has 0 radical (unpaired) electrons. The van der Waals surface area contributed by atoms with Gasteiger partial charge in [-0.3, -0.25) is 4.57 Å². The van der Waals surface area contributed by atoms with Crippen molar-refractivity contribution >= 4 is 65.3 Å². The summed E-state index contributed by atoms with van der Waals surface area (Å²) in [5, 5.41) is 8.39. The zero-order valence-electron chi connectivity index (χ0n) is 24.8. The number of aromatic amines is 1. The fraction of sp³-hybridized carbons (Fsp3) is 0. The summed E-state index contributed by atoms with van der Waals surface area (Å²) < 4.78 is 2.23. The zero-order chi connectivity index (χ0) is 30.2. The van der Waals surface area contributed by atoms with Crippen LogP contribution in [0.25, 0.3) is 93.6 Å². The van der Waals surface area contributed by atoms with E-state index in [0.717, 1.165) is 49.8 Å². The Morgan fingerprint density at radius 3 is 1.98 bits per heavy atom. The number of nitrogens with one attached hydrogen (secondary N) is 1. The highest BCUT2D eigenvalue weighted by Crippen LogP contribution is 2.41. The van der Waals surface area contributed by atoms with Gasteiger partial charge in [-0.15, -0.1) is 0 Å². The molecular weight excluding hydrogens is 560 g/mol. The van der Waals surface area contributed by atoms with Gasteiger partial charge in [0.05, 0.1) is 22.2 Å². The van der Waals surface area contributed by atoms with Gasteiger partial charge in [0.2, 0.25) is 5.95 Å². The second-order valence-electron chi connectivity index (χ2n) is 11.9. The van der Waals surface area contributed by atoms with Crippen LogP contribution < -0.4 is 0 Å². The van der Waals surface area contributed by atoms with Crippen molar-refractivity contribution in [2.45, 2.75) is 0 Å². The number of benzene rings is 7. The number of fused-ring (bicyclic) bond motifs is 9. The molecule has 0 saturated heterocycles. The van der Waals surface area contributed by atoms with Crippen LogP contribution in [0, 0.1) is 0 Å². The summed E-state index contributed by atoms with van der Waals surface area (Å²) in [7, 11) is 0. The first kappa shape index (κ1) is 25.1. The molecule has 0 spiro atoms. The predicted molar refractivity (Wildman–Crippen MR) is 192 cm³/mol. The molecule has 0 aliphatic heterocycles. The first-order valence-electron chi connectivity index (χ1n) is 15.6. The number of H-pyrrole nitrogens is 1. The van der Waals surface area contributed by atoms with Crippen molar-refractivity contribution in [3.63, 3.8) is 0 Å². The molecular formula is C42H26N4. The minimum absolute atomic E-state index is 0.664. The quantitative estimate of drug-likeness (QED) is 0.224. The highest BCUT2D eigenvalue weighted by atomic mass is 15.2. The lowest BCUT2D eigenvalue weighted by Crippen LogP contribution is -2.03. The molecule has 3 aromatic heterocycles. The molecule has 4 nitrogen and oxygen atoms in total. The number of para-hydroxylation sites is 3. The molecule has 0 amide bonds. The molecule has 0 bridgehead atoms. The Morgan fingerprint density at radius 1 is 0.435 bits per heavy atom. The average molecular weight is 587 g/mol. The lowest BCUT2D eigenvalue weighted by atomic mass is 9.94. The molecule has 0 fully saturated rings. The highest BCUT2D eigenvalue weighted by Gasteiger charge is 2.19. The summed E-state index contributed by atoms with van der Waals surface area (Å²) in [4.78, 5) is 14.1. The number of aromatic nitrogens is 4. The largest absolute Gasteiger partial charge is 0.354 e. The average Bonchev–Trinajstić information content (AvgIpc) is 3.66. The Balaban J connectivity index is 1.28. The van der Waals surface area contributed by atoms with Crippen molar-refractivity contribution in [1.82, 2.24) is 19.5 Å². The van der Waals surface area contributed by atoms with Crippen LogP contribution in [-0.2, 0) is 0 Å². The van der Waals surface area contributed by atoms with Crippen LogP contribution in [0.5, 0.6) is 0 Å². The third-order valence-electron chi connectivity index (χ3n) is 9.33. The van der Waals surface area contributed by atoms with Gasteiger partial charge in [0.1, 0.15) is 0 Å². The van der Waals surface area contributed by atoms with Gasteiger partial charge in [-0.2, -0.15) is 0 Å². The molecule has 0 aliphatic carbocycles. The second-order valence-corrected chi connectivity index (χ2v) is 11.9. The van der Waals surface area contributed by atoms with E-state index in [-0.39, 0.29) is 0 Å². The Kier molecular flexibility index (Phi) is 5.25. The van der Waals surface area contributed by atoms with Gasteiger partial charge in [0.15, 0.2) is 0 Å². The molecule has 0 unspecified atom stereocenters. The van der Waals surface area contributed by atoms with Gasteiger partial charge in [0.25, 0.3) is 0 Å². The third kappa shape index (κ3) is 3.61. The Hall–Kier alpha value is -6.26. The molecule has 0 atom stereocenters. The van der Waals surface area contributed by atoms with Crippen LogP contribution in [0.2, 0.25) is 0 Å². The fourth-order valence-corrected chi connectivity index (χ4v) is 7.29. The molecule has 10 rings (SSSR count). The van der Waals surface area contributed by atoms with Crippen LogP contribution in [-0.4, -0.2) is 19.5 Å². The van der Waals surface area contributed by atoms with Crippen molar-refractivity contribution < 1.29 is 0 Å². The van der Waals surface area contributed by atoms with Crippen LogP contribution in [0.1, 0.15) is 0 Å². The van der Waals surface area contributed by atoms with Crippen molar-refractivity contribution in [1.29, 1.82) is 0 Å². The van der Waals surface area contributed by atoms with E-state index >= 15 is 0 Å². The minimum Gasteiger partial charge on any atom is -0.354 e. The zero-order valence-corrected chi connectivity index (χ0v) is 24.8. The molecule has 4 heteroatoms. The fourth-order valence-electron chi connectivity index (χ4n) is 7.29. The SMILES string of the molecule is c1ccc(-c2nc(-n3c4ccccc4c4ccc(-c5cc6[nH]c7ccccc7c6c6ccccc56)cc43)nc3ccccc23)cc1. The summed E-state index contributed by atoms with van der Waals surface area (Å²) in [6.07, 6.45) is 0. The van der Waals surface area contributed by atoms with Crippen LogP contribution in [0.3, 0.4) is 0 Å². The maximum atomic E-state index is 5.28. The normalized spacial score (nSPS) is 11.9. The maximum Gasteiger partial charge on any atom is 0.235 e. The van der Waals surface area contributed by atoms with Crippen LogP contribution in [0.15, 0.2) is 152 Å². The lowest BCUT2D eigenvalue weighted by Gasteiger charge is -2.13. The summed E-state index contributed by atoms with van der Waals surface area (Å²) >= 11 is 0. The molecule has 0 aliphatic rings. The van der Waals surface area contributed by atoms with E-state index in [1.807, 2.05) is 12.1 Å². The van der Waals surface area contributed by atoms with Gasteiger partial charge < -0.3 is 4.98 Å². The highest BCUT2D eigenvalue weighted by molar-refractivity contribution is 6.23. The number of rotatable bonds is 3. The number of hydrogen-bond acceptors (Lipinski definition) is 2. The molecule has 46 heavy (non-hydrogen) atoms. The Morgan fingerprint density at radius 2 is 1.11 bits per heavy atom. The molecule has 1 N–H and O–H groups in total. The molecule has 10 aromatic rings. The summed E-state index contributed by atoms with van der Waals surface area (Å²) in [6.45, 7) is 0. The second kappa shape index (κ2) is 9.62. The van der Waals surface area contributed by atoms with Gasteiger partial charge in [-0.25, -0.2) is 9.97 Å². The Labute approximate surface area is 264 Å². The molecule has 0 saturated carbocycles. The van der Waals surface area contributed by atoms with Gasteiger partial charge >= 0.3 is 0 Å². The van der Waals surface area contributed by atoms with E-state index < -0.39 is 0 Å². The van der Waals surface area contributed by atoms with Crippen LogP contribution in [0.4, 0.5) is 0 Å². The molecule has 3 heterocycles. The van der Waals surface area contributed by atoms with Gasteiger partial charge in [-0.1, -0.05) is 121 Å². The van der Waals surface area contributed by atoms with E-state index in [4.69, 9.17) is 9.97 Å². The first-order valence-corrected chi connectivity index (χ1v) is 15.6. The van der Waals surface area contributed by atoms with Crippen molar-refractivity contribution in [2.24, 2.45) is 0 Å². The third-order valence-corrected chi connectivity index (χ3v) is 9.33. The van der Waals surface area contributed by atoms with Crippen molar-refractivity contribution in [3.8, 4) is 28.3 Å². The smallest absolute Gasteiger partial charge is 0.235 e. The van der Waals surface area contributed by atoms with Crippen molar-refractivity contribution in [2.75, 3.05) is 0 Å². The topological polar surface area (TPSA) is 46.5 Å². The van der Waals surface area contributed by atoms with E-state index in [1.165, 1.54) is 37.9 Å². The van der Waals surface area contributed by atoms with E-state index in [2.05, 4.69) is 149 Å². The predicted octanol–water partition coefficient (Wildman–Crippen LogP) is 10.8. The summed E-state index contributed by atoms with van der Waals surface area (Å²) in [5.41, 5.74) is 9.71.